The molecule has 0 saturated heterocycles. The highest BCUT2D eigenvalue weighted by Gasteiger charge is 2.19. The number of halogens is 1. The molecular weight excluding hydrogens is 414 g/mol. The monoisotopic (exact) mass is 433 g/mol. The molecule has 1 atom stereocenters. The second-order valence-electron chi connectivity index (χ2n) is 6.77. The van der Waals surface area contributed by atoms with Crippen molar-refractivity contribution in [1.29, 1.82) is 0 Å². The van der Waals surface area contributed by atoms with E-state index in [1.165, 1.54) is 0 Å². The van der Waals surface area contributed by atoms with E-state index in [1.807, 2.05) is 12.1 Å². The summed E-state index contributed by atoms with van der Waals surface area (Å²) in [6.45, 7) is 1.08. The fraction of sp³-hybridized carbons (Fsp3) is 0.316. The van der Waals surface area contributed by atoms with Gasteiger partial charge < -0.3 is 9.64 Å². The van der Waals surface area contributed by atoms with Crippen LogP contribution in [0.4, 0.5) is 0 Å². The SMILES string of the molecule is CN1CCOCCS(=O)c2cc(Cl)c3n[nH]c(c3c2)/C=C/c2cn(C)nc2C1=O. The molecule has 1 amide bonds. The molecule has 2 bridgehead atoms. The van der Waals surface area contributed by atoms with Gasteiger partial charge >= 0.3 is 0 Å². The van der Waals surface area contributed by atoms with Crippen molar-refractivity contribution in [2.45, 2.75) is 4.90 Å². The van der Waals surface area contributed by atoms with Gasteiger partial charge in [-0.3, -0.25) is 18.8 Å². The molecule has 2 aromatic heterocycles. The molecule has 1 aromatic carbocycles. The van der Waals surface area contributed by atoms with E-state index in [2.05, 4.69) is 15.3 Å². The molecular formula is C19H20ClN5O3S. The fourth-order valence-electron chi connectivity index (χ4n) is 3.13. The van der Waals surface area contributed by atoms with Gasteiger partial charge in [0, 0.05) is 42.7 Å². The first-order valence-corrected chi connectivity index (χ1v) is 10.7. The number of nitrogens with one attached hydrogen (secondary N) is 1. The molecule has 10 heteroatoms. The van der Waals surface area contributed by atoms with Crippen molar-refractivity contribution in [3.05, 3.63) is 40.3 Å². The summed E-state index contributed by atoms with van der Waals surface area (Å²) in [5.41, 5.74) is 2.36. The number of benzene rings is 1. The Balaban J connectivity index is 1.82. The van der Waals surface area contributed by atoms with Crippen molar-refractivity contribution < 1.29 is 13.7 Å². The van der Waals surface area contributed by atoms with Crippen molar-refractivity contribution in [1.82, 2.24) is 24.9 Å². The predicted octanol–water partition coefficient (Wildman–Crippen LogP) is 2.33. The van der Waals surface area contributed by atoms with Crippen LogP contribution in [0.2, 0.25) is 5.02 Å². The first-order valence-electron chi connectivity index (χ1n) is 9.05. The van der Waals surface area contributed by atoms with E-state index >= 15 is 0 Å². The van der Waals surface area contributed by atoms with Gasteiger partial charge in [-0.15, -0.1) is 0 Å². The van der Waals surface area contributed by atoms with Crippen molar-refractivity contribution in [3.8, 4) is 0 Å². The number of carbonyl (C=O) groups is 1. The van der Waals surface area contributed by atoms with E-state index in [0.717, 1.165) is 5.39 Å². The Morgan fingerprint density at radius 2 is 2.07 bits per heavy atom. The number of nitrogens with zero attached hydrogens (tertiary/aromatic N) is 4. The van der Waals surface area contributed by atoms with E-state index in [9.17, 15) is 9.00 Å². The molecule has 152 valence electrons. The first kappa shape index (κ1) is 19.8. The van der Waals surface area contributed by atoms with Crippen molar-refractivity contribution >= 4 is 51.4 Å². The van der Waals surface area contributed by atoms with Crippen molar-refractivity contribution in [2.75, 3.05) is 32.6 Å². The third-order valence-electron chi connectivity index (χ3n) is 4.70. The second kappa shape index (κ2) is 8.10. The zero-order valence-electron chi connectivity index (χ0n) is 16.0. The Bertz CT molecular complexity index is 1140. The normalized spacial score (nSPS) is 19.6. The Labute approximate surface area is 174 Å². The summed E-state index contributed by atoms with van der Waals surface area (Å²) in [6, 6.07) is 3.51. The van der Waals surface area contributed by atoms with Gasteiger partial charge in [-0.1, -0.05) is 11.6 Å². The van der Waals surface area contributed by atoms with Gasteiger partial charge in [0.15, 0.2) is 5.69 Å². The van der Waals surface area contributed by atoms with Gasteiger partial charge in [0.25, 0.3) is 5.91 Å². The highest BCUT2D eigenvalue weighted by molar-refractivity contribution is 7.85. The molecule has 4 rings (SSSR count). The number of hydrogen-bond acceptors (Lipinski definition) is 5. The van der Waals surface area contributed by atoms with Crippen LogP contribution in [0, 0.1) is 0 Å². The molecule has 8 nitrogen and oxygen atoms in total. The minimum atomic E-state index is -1.26. The Kier molecular flexibility index (Phi) is 5.53. The van der Waals surface area contributed by atoms with Crippen LogP contribution >= 0.6 is 11.6 Å². The van der Waals surface area contributed by atoms with Crippen LogP contribution in [0.25, 0.3) is 23.1 Å². The van der Waals surface area contributed by atoms with Gasteiger partial charge in [-0.05, 0) is 24.3 Å². The van der Waals surface area contributed by atoms with Crippen molar-refractivity contribution in [2.24, 2.45) is 7.05 Å². The minimum Gasteiger partial charge on any atom is -0.379 e. The average molecular weight is 434 g/mol. The Morgan fingerprint density at radius 3 is 2.90 bits per heavy atom. The highest BCUT2D eigenvalue weighted by atomic mass is 35.5. The summed E-state index contributed by atoms with van der Waals surface area (Å²) in [6.07, 6.45) is 5.41. The van der Waals surface area contributed by atoms with Crippen LogP contribution < -0.4 is 0 Å². The van der Waals surface area contributed by atoms with E-state index in [0.29, 0.717) is 57.9 Å². The van der Waals surface area contributed by atoms with Crippen LogP contribution in [-0.4, -0.2) is 67.6 Å². The molecule has 3 heterocycles. The fourth-order valence-corrected chi connectivity index (χ4v) is 4.46. The lowest BCUT2D eigenvalue weighted by atomic mass is 10.1. The van der Waals surface area contributed by atoms with Gasteiger partial charge in [0.2, 0.25) is 0 Å². The number of hydrogen-bond donors (Lipinski definition) is 1. The Morgan fingerprint density at radius 1 is 1.24 bits per heavy atom. The quantitative estimate of drug-likeness (QED) is 0.587. The maximum atomic E-state index is 12.8. The molecule has 0 fully saturated rings. The summed E-state index contributed by atoms with van der Waals surface area (Å²) in [5.74, 6) is 0.150. The first-order chi connectivity index (χ1) is 13.9. The van der Waals surface area contributed by atoms with Crippen LogP contribution in [0.15, 0.2) is 23.2 Å². The largest absolute Gasteiger partial charge is 0.379 e. The molecule has 29 heavy (non-hydrogen) atoms. The molecule has 1 N–H and O–H groups in total. The molecule has 3 aromatic rings. The number of aromatic nitrogens is 4. The van der Waals surface area contributed by atoms with E-state index in [-0.39, 0.29) is 5.91 Å². The Hall–Kier alpha value is -2.49. The van der Waals surface area contributed by atoms with Crippen LogP contribution in [-0.2, 0) is 22.6 Å². The number of rotatable bonds is 0. The number of aromatic amines is 1. The second-order valence-corrected chi connectivity index (χ2v) is 8.75. The minimum absolute atomic E-state index is 0.190. The molecule has 1 aliphatic heterocycles. The third kappa shape index (κ3) is 3.98. The standard InChI is InChI=1S/C19H20ClN5O3S/c1-24-5-6-28-7-8-29(27)13-9-14-16(21-22-18(14)15(20)10-13)4-3-12-11-25(2)23-17(12)19(24)26/h3-4,9-11H,5-8H2,1-2H3,(H,21,22)/b4-3+. The predicted molar refractivity (Wildman–Crippen MR) is 112 cm³/mol. The van der Waals surface area contributed by atoms with Gasteiger partial charge in [-0.25, -0.2) is 0 Å². The van der Waals surface area contributed by atoms with E-state index in [4.69, 9.17) is 16.3 Å². The van der Waals surface area contributed by atoms with Gasteiger partial charge in [0.1, 0.15) is 5.52 Å². The summed E-state index contributed by atoms with van der Waals surface area (Å²) in [5, 5.41) is 12.7. The van der Waals surface area contributed by atoms with Crippen LogP contribution in [0.5, 0.6) is 0 Å². The summed E-state index contributed by atoms with van der Waals surface area (Å²) in [4.78, 5) is 15.0. The third-order valence-corrected chi connectivity index (χ3v) is 6.29. The number of amides is 1. The maximum Gasteiger partial charge on any atom is 0.274 e. The number of aryl methyl sites for hydroxylation is 1. The average Bonchev–Trinajstić information content (AvgIpc) is 3.27. The lowest BCUT2D eigenvalue weighted by molar-refractivity contribution is 0.0705. The smallest absolute Gasteiger partial charge is 0.274 e. The zero-order chi connectivity index (χ0) is 20.5. The lowest BCUT2D eigenvalue weighted by Crippen LogP contribution is -2.31. The molecule has 0 saturated carbocycles. The summed E-state index contributed by atoms with van der Waals surface area (Å²) >= 11 is 6.36. The number of carbonyl (C=O) groups excluding carboxylic acids is 1. The highest BCUT2D eigenvalue weighted by Crippen LogP contribution is 2.29. The van der Waals surface area contributed by atoms with Gasteiger partial charge in [0.05, 0.1) is 40.5 Å². The van der Waals surface area contributed by atoms with Gasteiger partial charge in [-0.2, -0.15) is 10.2 Å². The molecule has 0 spiro atoms. The topological polar surface area (TPSA) is 93.1 Å². The molecule has 0 aliphatic carbocycles. The number of likely N-dealkylation sites (N-methyl/N-ethyl adjacent to an activating group) is 1. The van der Waals surface area contributed by atoms with Crippen LogP contribution in [0.3, 0.4) is 0 Å². The maximum absolute atomic E-state index is 12.8. The summed E-state index contributed by atoms with van der Waals surface area (Å²) < 4.78 is 19.8. The summed E-state index contributed by atoms with van der Waals surface area (Å²) in [7, 11) is 2.22. The van der Waals surface area contributed by atoms with E-state index < -0.39 is 10.8 Å². The number of H-pyrrole nitrogens is 1. The molecule has 1 aliphatic rings. The zero-order valence-corrected chi connectivity index (χ0v) is 17.6. The number of fused-ring (bicyclic) bond motifs is 2. The molecule has 1 unspecified atom stereocenters. The van der Waals surface area contributed by atoms with E-state index in [1.54, 1.807) is 42.0 Å². The number of ether oxygens (including phenoxy) is 1. The van der Waals surface area contributed by atoms with Crippen LogP contribution in [0.1, 0.15) is 21.7 Å². The van der Waals surface area contributed by atoms with Crippen molar-refractivity contribution in [3.63, 3.8) is 0 Å². The molecule has 0 radical (unpaired) electrons. The lowest BCUT2D eigenvalue weighted by Gasteiger charge is -2.16.